The maximum absolute atomic E-state index is 12.8. The highest BCUT2D eigenvalue weighted by atomic mass is 35.5. The van der Waals surface area contributed by atoms with Crippen molar-refractivity contribution in [1.82, 2.24) is 0 Å². The Morgan fingerprint density at radius 1 is 1.04 bits per heavy atom. The molecule has 0 bridgehead atoms. The third-order valence-electron chi connectivity index (χ3n) is 4.39. The van der Waals surface area contributed by atoms with Crippen LogP contribution in [0, 0.1) is 6.92 Å². The molecule has 0 aliphatic heterocycles. The van der Waals surface area contributed by atoms with Crippen LogP contribution in [0.4, 0.5) is 11.4 Å². The van der Waals surface area contributed by atoms with Crippen LogP contribution in [0.5, 0.6) is 0 Å². The van der Waals surface area contributed by atoms with E-state index in [0.717, 1.165) is 28.9 Å². The van der Waals surface area contributed by atoms with Gasteiger partial charge >= 0.3 is 0 Å². The lowest BCUT2D eigenvalue weighted by molar-refractivity contribution is 0.103. The maximum atomic E-state index is 12.8. The van der Waals surface area contributed by atoms with Crippen molar-refractivity contribution < 1.29 is 9.32 Å². The molecule has 0 aromatic heterocycles. The van der Waals surface area contributed by atoms with Gasteiger partial charge in [-0.05, 0) is 48.7 Å². The van der Waals surface area contributed by atoms with E-state index < -0.39 is 0 Å². The molecule has 0 heterocycles. The number of hydrogen-bond acceptors (Lipinski definition) is 3. The van der Waals surface area contributed by atoms with E-state index in [9.17, 15) is 4.79 Å². The van der Waals surface area contributed by atoms with Crippen molar-refractivity contribution >= 4 is 38.2 Å². The largest absolute Gasteiger partial charge is 0.365 e. The average molecular weight is 398 g/mol. The van der Waals surface area contributed by atoms with Crippen LogP contribution < -0.4 is 5.32 Å². The number of ketones is 1. The highest BCUT2D eigenvalue weighted by molar-refractivity contribution is 7.09. The summed E-state index contributed by atoms with van der Waals surface area (Å²) in [4.78, 5) is 12.8. The number of rotatable bonds is 7. The second-order valence-electron chi connectivity index (χ2n) is 6.24. The van der Waals surface area contributed by atoms with Gasteiger partial charge in [-0.1, -0.05) is 54.1 Å². The monoisotopic (exact) mass is 397 g/mol. The van der Waals surface area contributed by atoms with Crippen LogP contribution in [0.1, 0.15) is 27.0 Å². The summed E-state index contributed by atoms with van der Waals surface area (Å²) in [6, 6.07) is 21.0. The molecule has 1 unspecified atom stereocenters. The minimum Gasteiger partial charge on any atom is -0.365 e. The van der Waals surface area contributed by atoms with E-state index in [1.165, 1.54) is 0 Å². The third-order valence-corrected chi connectivity index (χ3v) is 4.94. The molecule has 5 heteroatoms. The topological polar surface area (TPSA) is 38.3 Å². The van der Waals surface area contributed by atoms with E-state index in [4.69, 9.17) is 16.1 Å². The van der Waals surface area contributed by atoms with Gasteiger partial charge in [0.05, 0.1) is 11.6 Å². The van der Waals surface area contributed by atoms with Crippen LogP contribution in [0.2, 0.25) is 5.02 Å². The van der Waals surface area contributed by atoms with Crippen molar-refractivity contribution in [3.63, 3.8) is 0 Å². The summed E-state index contributed by atoms with van der Waals surface area (Å²) in [6.45, 7) is 2.54. The van der Waals surface area contributed by atoms with Crippen LogP contribution in [0.15, 0.2) is 66.7 Å². The standard InChI is InChI=1S/C22H21ClNO2P/c1-15-6-2-4-8-18(15)22(25)19-11-10-17(14-20(19)23)24-21-9-5-3-7-16(21)12-13-26-27/h2-11,14,24H,12-13,27H2,1H3. The highest BCUT2D eigenvalue weighted by Gasteiger charge is 2.15. The molecule has 3 aromatic rings. The number of carbonyl (C=O) groups is 1. The van der Waals surface area contributed by atoms with Crippen molar-refractivity contribution in [2.75, 3.05) is 11.9 Å². The number of nitrogens with one attached hydrogen (secondary N) is 1. The van der Waals surface area contributed by atoms with Gasteiger partial charge in [0.2, 0.25) is 0 Å². The molecule has 1 atom stereocenters. The molecule has 3 nitrogen and oxygen atoms in total. The van der Waals surface area contributed by atoms with E-state index in [1.807, 2.05) is 55.5 Å². The van der Waals surface area contributed by atoms with Crippen LogP contribution >= 0.6 is 21.1 Å². The number of para-hydroxylation sites is 1. The molecular formula is C22H21ClNO2P. The van der Waals surface area contributed by atoms with Gasteiger partial charge in [0.25, 0.3) is 0 Å². The molecule has 0 saturated heterocycles. The Bertz CT molecular complexity index is 959. The van der Waals surface area contributed by atoms with Gasteiger partial charge in [-0.25, -0.2) is 0 Å². The van der Waals surface area contributed by atoms with Gasteiger partial charge in [0, 0.05) is 32.0 Å². The fraction of sp³-hybridized carbons (Fsp3) is 0.136. The summed E-state index contributed by atoms with van der Waals surface area (Å²) in [5.41, 5.74) is 5.08. The van der Waals surface area contributed by atoms with Gasteiger partial charge in [0.15, 0.2) is 5.78 Å². The van der Waals surface area contributed by atoms with Crippen molar-refractivity contribution in [3.8, 4) is 0 Å². The Morgan fingerprint density at radius 2 is 1.78 bits per heavy atom. The lowest BCUT2D eigenvalue weighted by Crippen LogP contribution is -2.05. The highest BCUT2D eigenvalue weighted by Crippen LogP contribution is 2.28. The first-order valence-corrected chi connectivity index (χ1v) is 9.51. The second kappa shape index (κ2) is 9.14. The molecule has 0 radical (unpaired) electrons. The zero-order valence-electron chi connectivity index (χ0n) is 15.0. The molecule has 27 heavy (non-hydrogen) atoms. The van der Waals surface area contributed by atoms with E-state index in [1.54, 1.807) is 12.1 Å². The van der Waals surface area contributed by atoms with E-state index in [2.05, 4.69) is 20.8 Å². The van der Waals surface area contributed by atoms with Crippen molar-refractivity contribution in [1.29, 1.82) is 0 Å². The normalized spacial score (nSPS) is 10.6. The Kier molecular flexibility index (Phi) is 6.63. The number of anilines is 2. The van der Waals surface area contributed by atoms with Crippen molar-refractivity contribution in [2.45, 2.75) is 13.3 Å². The molecule has 0 aliphatic carbocycles. The van der Waals surface area contributed by atoms with Crippen LogP contribution in [-0.2, 0) is 10.9 Å². The van der Waals surface area contributed by atoms with E-state index in [0.29, 0.717) is 22.8 Å². The lowest BCUT2D eigenvalue weighted by Gasteiger charge is -2.13. The summed E-state index contributed by atoms with van der Waals surface area (Å²) in [6.07, 6.45) is 0.796. The van der Waals surface area contributed by atoms with Crippen LogP contribution in [-0.4, -0.2) is 12.4 Å². The minimum atomic E-state index is -0.0670. The Balaban J connectivity index is 1.84. The molecule has 0 amide bonds. The van der Waals surface area contributed by atoms with E-state index >= 15 is 0 Å². The van der Waals surface area contributed by atoms with Gasteiger partial charge < -0.3 is 9.84 Å². The first kappa shape index (κ1) is 19.6. The molecule has 0 saturated carbocycles. The molecule has 0 aliphatic rings. The minimum absolute atomic E-state index is 0.0670. The predicted octanol–water partition coefficient (Wildman–Crippen LogP) is 5.97. The third kappa shape index (κ3) is 4.75. The Hall–Kier alpha value is -2.19. The lowest BCUT2D eigenvalue weighted by atomic mass is 9.99. The fourth-order valence-corrected chi connectivity index (χ4v) is 3.32. The molecule has 1 N–H and O–H groups in total. The summed E-state index contributed by atoms with van der Waals surface area (Å²) < 4.78 is 5.09. The first-order valence-electron chi connectivity index (χ1n) is 8.66. The van der Waals surface area contributed by atoms with Crippen molar-refractivity contribution in [2.24, 2.45) is 0 Å². The molecular weight excluding hydrogens is 377 g/mol. The summed E-state index contributed by atoms with van der Waals surface area (Å²) in [5, 5.41) is 3.81. The first-order chi connectivity index (χ1) is 13.1. The molecule has 3 aromatic carbocycles. The van der Waals surface area contributed by atoms with Crippen LogP contribution in [0.25, 0.3) is 0 Å². The molecule has 0 spiro atoms. The number of halogens is 1. The van der Waals surface area contributed by atoms with E-state index in [-0.39, 0.29) is 5.78 Å². The van der Waals surface area contributed by atoms with Gasteiger partial charge in [0.1, 0.15) is 0 Å². The number of hydrogen-bond donors (Lipinski definition) is 1. The predicted molar refractivity (Wildman–Crippen MR) is 115 cm³/mol. The second-order valence-corrected chi connectivity index (χ2v) is 6.98. The quantitative estimate of drug-likeness (QED) is 0.394. The zero-order valence-corrected chi connectivity index (χ0v) is 16.9. The average Bonchev–Trinajstić information content (AvgIpc) is 2.67. The van der Waals surface area contributed by atoms with Crippen molar-refractivity contribution in [3.05, 3.63) is 94.0 Å². The SMILES string of the molecule is Cc1ccccc1C(=O)c1ccc(Nc2ccccc2CCOP)cc1Cl. The molecule has 0 fully saturated rings. The zero-order chi connectivity index (χ0) is 19.2. The maximum Gasteiger partial charge on any atom is 0.194 e. The van der Waals surface area contributed by atoms with Crippen LogP contribution in [0.3, 0.4) is 0 Å². The van der Waals surface area contributed by atoms with Gasteiger partial charge in [-0.3, -0.25) is 4.79 Å². The number of aryl methyl sites for hydroxylation is 1. The number of benzene rings is 3. The fourth-order valence-electron chi connectivity index (χ4n) is 2.93. The van der Waals surface area contributed by atoms with Gasteiger partial charge in [-0.15, -0.1) is 0 Å². The number of carbonyl (C=O) groups excluding carboxylic acids is 1. The summed E-state index contributed by atoms with van der Waals surface area (Å²) in [5.74, 6) is -0.0670. The van der Waals surface area contributed by atoms with Gasteiger partial charge in [-0.2, -0.15) is 0 Å². The smallest absolute Gasteiger partial charge is 0.194 e. The summed E-state index contributed by atoms with van der Waals surface area (Å²) in [7, 11) is 2.27. The molecule has 3 rings (SSSR count). The Labute approximate surface area is 167 Å². The summed E-state index contributed by atoms with van der Waals surface area (Å²) >= 11 is 6.43. The molecule has 138 valence electrons. The Morgan fingerprint density at radius 3 is 2.52 bits per heavy atom.